The number of nitrogens with two attached hydrogens (primary N) is 1. The number of likely N-dealkylation sites (N-methyl/N-ethyl adjacent to an activating group) is 1. The predicted molar refractivity (Wildman–Crippen MR) is 81.1 cm³/mol. The largest absolute Gasteiger partial charge is 0.444 e. The lowest BCUT2D eigenvalue weighted by Crippen LogP contribution is -2.42. The van der Waals surface area contributed by atoms with E-state index in [0.29, 0.717) is 18.2 Å². The Labute approximate surface area is 125 Å². The Morgan fingerprint density at radius 3 is 2.62 bits per heavy atom. The molecule has 0 bridgehead atoms. The number of rotatable bonds is 2. The third-order valence-electron chi connectivity index (χ3n) is 3.33. The van der Waals surface area contributed by atoms with Gasteiger partial charge >= 0.3 is 6.09 Å². The summed E-state index contributed by atoms with van der Waals surface area (Å²) in [6.45, 7) is 7.09. The van der Waals surface area contributed by atoms with Crippen LogP contribution in [0.15, 0.2) is 12.4 Å². The van der Waals surface area contributed by atoms with Crippen molar-refractivity contribution in [1.29, 1.82) is 0 Å². The highest BCUT2D eigenvalue weighted by Gasteiger charge is 2.31. The Morgan fingerprint density at radius 1 is 1.43 bits per heavy atom. The molecule has 0 unspecified atom stereocenters. The summed E-state index contributed by atoms with van der Waals surface area (Å²) in [4.78, 5) is 24.2. The maximum absolute atomic E-state index is 12.1. The smallest absolute Gasteiger partial charge is 0.410 e. The Hall–Kier alpha value is -2.05. The second kappa shape index (κ2) is 5.75. The van der Waals surface area contributed by atoms with Gasteiger partial charge in [-0.15, -0.1) is 0 Å². The van der Waals surface area contributed by atoms with Crippen molar-refractivity contribution in [2.45, 2.75) is 38.8 Å². The van der Waals surface area contributed by atoms with E-state index in [2.05, 4.69) is 9.97 Å². The average Bonchev–Trinajstić information content (AvgIpc) is 2.86. The fourth-order valence-corrected chi connectivity index (χ4v) is 2.22. The van der Waals surface area contributed by atoms with E-state index in [1.807, 2.05) is 25.7 Å². The van der Waals surface area contributed by atoms with E-state index < -0.39 is 5.60 Å². The lowest BCUT2D eigenvalue weighted by molar-refractivity contribution is 0.0238. The zero-order valence-corrected chi connectivity index (χ0v) is 13.0. The summed E-state index contributed by atoms with van der Waals surface area (Å²) in [6.07, 6.45) is 3.75. The third-order valence-corrected chi connectivity index (χ3v) is 3.33. The van der Waals surface area contributed by atoms with Crippen LogP contribution in [0.4, 0.5) is 16.4 Å². The molecule has 1 aromatic heterocycles. The molecule has 1 aliphatic rings. The molecule has 1 saturated heterocycles. The lowest BCUT2D eigenvalue weighted by Gasteiger charge is -2.28. The lowest BCUT2D eigenvalue weighted by atomic mass is 10.2. The normalized spacial score (nSPS) is 18.7. The number of amides is 1. The number of nitrogen functional groups attached to an aromatic ring is 1. The third kappa shape index (κ3) is 3.96. The highest BCUT2D eigenvalue weighted by atomic mass is 16.6. The average molecular weight is 293 g/mol. The maximum atomic E-state index is 12.1. The van der Waals surface area contributed by atoms with E-state index in [-0.39, 0.29) is 12.1 Å². The predicted octanol–water partition coefficient (Wildman–Crippen LogP) is 1.50. The second-order valence-corrected chi connectivity index (χ2v) is 6.30. The molecule has 0 saturated carbocycles. The van der Waals surface area contributed by atoms with Crippen LogP contribution in [0.2, 0.25) is 0 Å². The molecule has 1 aliphatic heterocycles. The first kappa shape index (κ1) is 15.3. The van der Waals surface area contributed by atoms with E-state index in [1.165, 1.54) is 0 Å². The number of aromatic nitrogens is 2. The van der Waals surface area contributed by atoms with Crippen LogP contribution in [0.5, 0.6) is 0 Å². The molecule has 2 rings (SSSR count). The van der Waals surface area contributed by atoms with Crippen molar-refractivity contribution < 1.29 is 9.53 Å². The number of nitrogens with zero attached hydrogens (tertiary/aromatic N) is 4. The highest BCUT2D eigenvalue weighted by Crippen LogP contribution is 2.21. The van der Waals surface area contributed by atoms with Gasteiger partial charge in [-0.3, -0.25) is 0 Å². The highest BCUT2D eigenvalue weighted by molar-refractivity contribution is 5.68. The van der Waals surface area contributed by atoms with Crippen molar-refractivity contribution in [2.75, 3.05) is 30.8 Å². The molecule has 1 amide bonds. The summed E-state index contributed by atoms with van der Waals surface area (Å²) in [5.41, 5.74) is 5.65. The Kier molecular flexibility index (Phi) is 4.20. The number of hydrogen-bond donors (Lipinski definition) is 1. The Morgan fingerprint density at radius 2 is 2.05 bits per heavy atom. The zero-order valence-electron chi connectivity index (χ0n) is 13.0. The van der Waals surface area contributed by atoms with Crippen molar-refractivity contribution in [3.63, 3.8) is 0 Å². The summed E-state index contributed by atoms with van der Waals surface area (Å²) >= 11 is 0. The van der Waals surface area contributed by atoms with Crippen molar-refractivity contribution >= 4 is 17.7 Å². The first-order valence-corrected chi connectivity index (χ1v) is 7.04. The molecule has 0 aromatic carbocycles. The monoisotopic (exact) mass is 293 g/mol. The Bertz CT molecular complexity index is 497. The van der Waals surface area contributed by atoms with Gasteiger partial charge in [-0.25, -0.2) is 14.8 Å². The topological polar surface area (TPSA) is 84.6 Å². The molecule has 2 N–H and O–H groups in total. The number of ether oxygens (including phenoxy) is 1. The standard InChI is InChI=1S/C14H23N5O2/c1-14(2,3)21-13(20)18(4)11-5-6-19(9-11)12-16-7-10(15)8-17-12/h7-8,11H,5-6,9,15H2,1-4H3/t11-/m0/s1. The van der Waals surface area contributed by atoms with Gasteiger partial charge in [0.05, 0.1) is 24.1 Å². The number of carbonyl (C=O) groups is 1. The van der Waals surface area contributed by atoms with Crippen LogP contribution in [0.1, 0.15) is 27.2 Å². The van der Waals surface area contributed by atoms with Gasteiger partial charge in [0.1, 0.15) is 5.60 Å². The minimum Gasteiger partial charge on any atom is -0.444 e. The molecule has 116 valence electrons. The fourth-order valence-electron chi connectivity index (χ4n) is 2.22. The zero-order chi connectivity index (χ0) is 15.6. The van der Waals surface area contributed by atoms with Crippen molar-refractivity contribution in [3.05, 3.63) is 12.4 Å². The minimum absolute atomic E-state index is 0.0982. The van der Waals surface area contributed by atoms with Gasteiger partial charge in [0.15, 0.2) is 0 Å². The van der Waals surface area contributed by atoms with Gasteiger partial charge in [0.2, 0.25) is 5.95 Å². The van der Waals surface area contributed by atoms with Crippen molar-refractivity contribution in [1.82, 2.24) is 14.9 Å². The molecular formula is C14H23N5O2. The molecule has 21 heavy (non-hydrogen) atoms. The van der Waals surface area contributed by atoms with Crippen molar-refractivity contribution in [3.8, 4) is 0 Å². The number of hydrogen-bond acceptors (Lipinski definition) is 6. The van der Waals surface area contributed by atoms with Crippen molar-refractivity contribution in [2.24, 2.45) is 0 Å². The van der Waals surface area contributed by atoms with E-state index in [0.717, 1.165) is 13.0 Å². The first-order chi connectivity index (χ1) is 9.76. The fraction of sp³-hybridized carbons (Fsp3) is 0.643. The van der Waals surface area contributed by atoms with Gasteiger partial charge < -0.3 is 20.3 Å². The van der Waals surface area contributed by atoms with Crippen LogP contribution in [0.25, 0.3) is 0 Å². The first-order valence-electron chi connectivity index (χ1n) is 7.04. The van der Waals surface area contributed by atoms with Crippen LogP contribution < -0.4 is 10.6 Å². The molecule has 0 spiro atoms. The summed E-state index contributed by atoms with van der Waals surface area (Å²) in [5.74, 6) is 0.643. The molecule has 2 heterocycles. The van der Waals surface area contributed by atoms with Crippen LogP contribution in [-0.2, 0) is 4.74 Å². The minimum atomic E-state index is -0.482. The summed E-state index contributed by atoms with van der Waals surface area (Å²) < 4.78 is 5.39. The van der Waals surface area contributed by atoms with Crippen LogP contribution in [-0.4, -0.2) is 52.7 Å². The van der Waals surface area contributed by atoms with Gasteiger partial charge in [0, 0.05) is 20.1 Å². The molecular weight excluding hydrogens is 270 g/mol. The number of carbonyl (C=O) groups excluding carboxylic acids is 1. The molecule has 7 heteroatoms. The van der Waals surface area contributed by atoms with E-state index in [9.17, 15) is 4.79 Å². The molecule has 0 radical (unpaired) electrons. The molecule has 1 fully saturated rings. The summed E-state index contributed by atoms with van der Waals surface area (Å²) in [5, 5.41) is 0. The van der Waals surface area contributed by atoms with Crippen LogP contribution >= 0.6 is 0 Å². The quantitative estimate of drug-likeness (QED) is 0.889. The molecule has 1 aromatic rings. The molecule has 1 atom stereocenters. The van der Waals surface area contributed by atoms with Gasteiger partial charge in [0.25, 0.3) is 0 Å². The molecule has 7 nitrogen and oxygen atoms in total. The summed E-state index contributed by atoms with van der Waals surface area (Å²) in [7, 11) is 1.77. The van der Waals surface area contributed by atoms with Gasteiger partial charge in [-0.1, -0.05) is 0 Å². The van der Waals surface area contributed by atoms with Gasteiger partial charge in [-0.2, -0.15) is 0 Å². The second-order valence-electron chi connectivity index (χ2n) is 6.30. The van der Waals surface area contributed by atoms with Gasteiger partial charge in [-0.05, 0) is 27.2 Å². The van der Waals surface area contributed by atoms with E-state index in [4.69, 9.17) is 10.5 Å². The maximum Gasteiger partial charge on any atom is 0.410 e. The van der Waals surface area contributed by atoms with Crippen LogP contribution in [0, 0.1) is 0 Å². The van der Waals surface area contributed by atoms with E-state index >= 15 is 0 Å². The van der Waals surface area contributed by atoms with Crippen LogP contribution in [0.3, 0.4) is 0 Å². The Balaban J connectivity index is 1.95. The number of anilines is 2. The summed E-state index contributed by atoms with van der Waals surface area (Å²) in [6, 6.07) is 0.0982. The SMILES string of the molecule is CN(C(=O)OC(C)(C)C)[C@H]1CCN(c2ncc(N)cn2)C1. The van der Waals surface area contributed by atoms with E-state index in [1.54, 1.807) is 24.3 Å². The molecule has 0 aliphatic carbocycles.